The van der Waals surface area contributed by atoms with Crippen LogP contribution >= 0.6 is 0 Å². The molecule has 3 aromatic rings. The van der Waals surface area contributed by atoms with Gasteiger partial charge >= 0.3 is 0 Å². The third kappa shape index (κ3) is 5.98. The molecule has 0 aliphatic rings. The lowest BCUT2D eigenvalue weighted by molar-refractivity contribution is -0.116. The molecule has 3 rings (SSSR count). The molecule has 166 valence electrons. The van der Waals surface area contributed by atoms with E-state index in [1.807, 2.05) is 20.2 Å². The Morgan fingerprint density at radius 1 is 0.938 bits per heavy atom. The van der Waals surface area contributed by atoms with E-state index in [1.165, 1.54) is 36.4 Å². The Morgan fingerprint density at radius 2 is 1.69 bits per heavy atom. The van der Waals surface area contributed by atoms with Crippen LogP contribution in [0.5, 0.6) is 0 Å². The number of hydrogen-bond donors (Lipinski definition) is 2. The van der Waals surface area contributed by atoms with Crippen LogP contribution in [0, 0.1) is 18.6 Å². The molecular weight excluding hydrogens is 412 g/mol. The van der Waals surface area contributed by atoms with Gasteiger partial charge in [0.15, 0.2) is 0 Å². The van der Waals surface area contributed by atoms with Crippen LogP contribution in [0.15, 0.2) is 60.7 Å². The van der Waals surface area contributed by atoms with Gasteiger partial charge in [0.2, 0.25) is 5.91 Å². The van der Waals surface area contributed by atoms with Gasteiger partial charge in [-0.05, 0) is 74.1 Å². The fourth-order valence-electron chi connectivity index (χ4n) is 3.34. The summed E-state index contributed by atoms with van der Waals surface area (Å²) in [5, 5.41) is 5.56. The van der Waals surface area contributed by atoms with Crippen LogP contribution in [-0.4, -0.2) is 37.4 Å². The molecule has 0 aliphatic carbocycles. The van der Waals surface area contributed by atoms with Gasteiger partial charge in [0.25, 0.3) is 5.91 Å². The molecule has 32 heavy (non-hydrogen) atoms. The first kappa shape index (κ1) is 23.1. The van der Waals surface area contributed by atoms with Gasteiger partial charge in [-0.15, -0.1) is 0 Å². The topological polar surface area (TPSA) is 61.4 Å². The summed E-state index contributed by atoms with van der Waals surface area (Å²) in [7, 11) is 3.61. The minimum atomic E-state index is -0.557. The molecule has 3 aromatic carbocycles. The molecule has 5 nitrogen and oxygen atoms in total. The van der Waals surface area contributed by atoms with Gasteiger partial charge in [-0.2, -0.15) is 0 Å². The molecule has 2 N–H and O–H groups in total. The second kappa shape index (κ2) is 10.2. The molecule has 0 atom stereocenters. The van der Waals surface area contributed by atoms with E-state index in [1.54, 1.807) is 30.0 Å². The minimum Gasteiger partial charge on any atom is -0.348 e. The molecule has 2 amide bonds. The summed E-state index contributed by atoms with van der Waals surface area (Å²) in [5.41, 5.74) is 3.10. The Bertz CT molecular complexity index is 1150. The number of halogens is 2. The molecule has 0 spiro atoms. The van der Waals surface area contributed by atoms with Crippen molar-refractivity contribution in [2.75, 3.05) is 26.0 Å². The average molecular weight is 437 g/mol. The van der Waals surface area contributed by atoms with Crippen molar-refractivity contribution in [3.8, 4) is 11.1 Å². The number of amides is 2. The summed E-state index contributed by atoms with van der Waals surface area (Å²) >= 11 is 0. The highest BCUT2D eigenvalue weighted by Crippen LogP contribution is 2.27. The standard InChI is InChI=1S/C25H25F2N3O2/c1-16-11-19(26)8-10-21(16)22-9-7-18(13-23(22)27)25(32)28-14-17-5-4-6-20(12-17)29-24(31)15-30(2)3/h4-13H,14-15H2,1-3H3,(H,28,32)(H,29,31). The van der Waals surface area contributed by atoms with Gasteiger partial charge in [-0.1, -0.05) is 24.3 Å². The first-order valence-corrected chi connectivity index (χ1v) is 10.1. The Morgan fingerprint density at radius 3 is 2.38 bits per heavy atom. The molecule has 0 radical (unpaired) electrons. The van der Waals surface area contributed by atoms with Gasteiger partial charge in [0.1, 0.15) is 11.6 Å². The van der Waals surface area contributed by atoms with Gasteiger partial charge in [-0.3, -0.25) is 9.59 Å². The lowest BCUT2D eigenvalue weighted by atomic mass is 9.98. The first-order valence-electron chi connectivity index (χ1n) is 10.1. The zero-order chi connectivity index (χ0) is 23.3. The van der Waals surface area contributed by atoms with E-state index in [9.17, 15) is 18.4 Å². The van der Waals surface area contributed by atoms with Gasteiger partial charge in [0.05, 0.1) is 6.54 Å². The summed E-state index contributed by atoms with van der Waals surface area (Å²) in [6, 6.07) is 15.5. The van der Waals surface area contributed by atoms with Crippen molar-refractivity contribution in [1.82, 2.24) is 10.2 Å². The molecule has 7 heteroatoms. The monoisotopic (exact) mass is 437 g/mol. The third-order valence-electron chi connectivity index (χ3n) is 4.83. The third-order valence-corrected chi connectivity index (χ3v) is 4.83. The number of aryl methyl sites for hydroxylation is 1. The van der Waals surface area contributed by atoms with Crippen LogP contribution in [0.3, 0.4) is 0 Å². The highest BCUT2D eigenvalue weighted by molar-refractivity contribution is 5.95. The quantitative estimate of drug-likeness (QED) is 0.577. The number of nitrogens with one attached hydrogen (secondary N) is 2. The number of anilines is 1. The summed E-state index contributed by atoms with van der Waals surface area (Å²) in [5.74, 6) is -1.50. The Kier molecular flexibility index (Phi) is 7.33. The predicted octanol–water partition coefficient (Wildman–Crippen LogP) is 4.37. The van der Waals surface area contributed by atoms with E-state index in [-0.39, 0.29) is 30.4 Å². The highest BCUT2D eigenvalue weighted by atomic mass is 19.1. The van der Waals surface area contributed by atoms with E-state index >= 15 is 0 Å². The normalized spacial score (nSPS) is 10.8. The van der Waals surface area contributed by atoms with Crippen LogP contribution in [-0.2, 0) is 11.3 Å². The number of rotatable bonds is 7. The van der Waals surface area contributed by atoms with Crippen LogP contribution in [0.1, 0.15) is 21.5 Å². The van der Waals surface area contributed by atoms with Gasteiger partial charge < -0.3 is 15.5 Å². The van der Waals surface area contributed by atoms with Crippen LogP contribution in [0.4, 0.5) is 14.5 Å². The number of benzene rings is 3. The second-order valence-electron chi connectivity index (χ2n) is 7.82. The fraction of sp³-hybridized carbons (Fsp3) is 0.200. The van der Waals surface area contributed by atoms with Crippen molar-refractivity contribution in [1.29, 1.82) is 0 Å². The minimum absolute atomic E-state index is 0.136. The van der Waals surface area contributed by atoms with Gasteiger partial charge in [-0.25, -0.2) is 8.78 Å². The Hall–Kier alpha value is -3.58. The average Bonchev–Trinajstić information content (AvgIpc) is 2.72. The summed E-state index contributed by atoms with van der Waals surface area (Å²) in [4.78, 5) is 26.2. The van der Waals surface area contributed by atoms with Crippen LogP contribution in [0.25, 0.3) is 11.1 Å². The molecule has 0 bridgehead atoms. The van der Waals surface area contributed by atoms with E-state index in [4.69, 9.17) is 0 Å². The molecule has 0 unspecified atom stereocenters. The lowest BCUT2D eigenvalue weighted by Gasteiger charge is -2.12. The van der Waals surface area contributed by atoms with Gasteiger partial charge in [0, 0.05) is 23.4 Å². The Labute approximate surface area is 186 Å². The maximum atomic E-state index is 14.7. The van der Waals surface area contributed by atoms with Crippen LogP contribution < -0.4 is 10.6 Å². The molecular formula is C25H25F2N3O2. The maximum absolute atomic E-state index is 14.7. The van der Waals surface area contributed by atoms with E-state index in [2.05, 4.69) is 10.6 Å². The summed E-state index contributed by atoms with van der Waals surface area (Å²) < 4.78 is 28.0. The Balaban J connectivity index is 1.66. The number of carbonyl (C=O) groups is 2. The van der Waals surface area contributed by atoms with Crippen molar-refractivity contribution in [3.05, 3.63) is 89.0 Å². The molecule has 0 heterocycles. The SMILES string of the molecule is Cc1cc(F)ccc1-c1ccc(C(=O)NCc2cccc(NC(=O)CN(C)C)c2)cc1F. The molecule has 0 aromatic heterocycles. The fourth-order valence-corrected chi connectivity index (χ4v) is 3.34. The molecule has 0 saturated carbocycles. The van der Waals surface area contributed by atoms with E-state index in [0.29, 0.717) is 22.4 Å². The molecule has 0 saturated heterocycles. The van der Waals surface area contributed by atoms with Crippen molar-refractivity contribution in [3.63, 3.8) is 0 Å². The highest BCUT2D eigenvalue weighted by Gasteiger charge is 2.13. The number of hydrogen-bond acceptors (Lipinski definition) is 3. The first-order chi connectivity index (χ1) is 15.2. The number of carbonyl (C=O) groups excluding carboxylic acids is 2. The maximum Gasteiger partial charge on any atom is 0.251 e. The van der Waals surface area contributed by atoms with E-state index in [0.717, 1.165) is 5.56 Å². The molecule has 0 aliphatic heterocycles. The zero-order valence-corrected chi connectivity index (χ0v) is 18.2. The van der Waals surface area contributed by atoms with Crippen molar-refractivity contribution >= 4 is 17.5 Å². The molecule has 0 fully saturated rings. The largest absolute Gasteiger partial charge is 0.348 e. The van der Waals surface area contributed by atoms with Crippen molar-refractivity contribution in [2.45, 2.75) is 13.5 Å². The van der Waals surface area contributed by atoms with E-state index < -0.39 is 11.7 Å². The zero-order valence-electron chi connectivity index (χ0n) is 18.2. The number of likely N-dealkylation sites (N-methyl/N-ethyl adjacent to an activating group) is 1. The summed E-state index contributed by atoms with van der Waals surface area (Å²) in [6.45, 7) is 2.19. The predicted molar refractivity (Wildman–Crippen MR) is 121 cm³/mol. The van der Waals surface area contributed by atoms with Crippen molar-refractivity contribution in [2.24, 2.45) is 0 Å². The van der Waals surface area contributed by atoms with Crippen LogP contribution in [0.2, 0.25) is 0 Å². The lowest BCUT2D eigenvalue weighted by Crippen LogP contribution is -2.27. The van der Waals surface area contributed by atoms with Crippen molar-refractivity contribution < 1.29 is 18.4 Å². The summed E-state index contributed by atoms with van der Waals surface area (Å²) in [6.07, 6.45) is 0. The smallest absolute Gasteiger partial charge is 0.251 e. The number of nitrogens with zero attached hydrogens (tertiary/aromatic N) is 1. The second-order valence-corrected chi connectivity index (χ2v) is 7.82.